The number of hydrogen-bond acceptors (Lipinski definition) is 4. The predicted octanol–water partition coefficient (Wildman–Crippen LogP) is 0.736. The molecule has 0 saturated carbocycles. The van der Waals surface area contributed by atoms with Crippen LogP contribution < -0.4 is 4.72 Å². The van der Waals surface area contributed by atoms with Crippen molar-refractivity contribution in [2.24, 2.45) is 7.05 Å². The Balaban J connectivity index is 2.29. The van der Waals surface area contributed by atoms with Gasteiger partial charge >= 0.3 is 5.97 Å². The van der Waals surface area contributed by atoms with E-state index in [1.165, 1.54) is 6.20 Å². The summed E-state index contributed by atoms with van der Waals surface area (Å²) in [5.74, 6) is -1.92. The SMILES string of the molecule is Cn1ccnc1CNS(=O)(=O)c1cc(C(=O)O)ccc1F. The van der Waals surface area contributed by atoms with Gasteiger partial charge in [0.05, 0.1) is 12.1 Å². The lowest BCUT2D eigenvalue weighted by Gasteiger charge is -2.08. The molecule has 1 heterocycles. The van der Waals surface area contributed by atoms with Crippen molar-refractivity contribution in [3.05, 3.63) is 47.8 Å². The highest BCUT2D eigenvalue weighted by atomic mass is 32.2. The molecule has 2 aromatic rings. The molecule has 7 nitrogen and oxygen atoms in total. The lowest BCUT2D eigenvalue weighted by atomic mass is 10.2. The molecule has 112 valence electrons. The first-order valence-electron chi connectivity index (χ1n) is 5.80. The van der Waals surface area contributed by atoms with Crippen molar-refractivity contribution in [2.75, 3.05) is 0 Å². The van der Waals surface area contributed by atoms with Gasteiger partial charge in [-0.15, -0.1) is 0 Å². The summed E-state index contributed by atoms with van der Waals surface area (Å²) in [5.41, 5.74) is -0.311. The van der Waals surface area contributed by atoms with Gasteiger partial charge in [0, 0.05) is 19.4 Å². The molecular formula is C12H12FN3O4S. The number of benzene rings is 1. The van der Waals surface area contributed by atoms with E-state index in [-0.39, 0.29) is 12.1 Å². The van der Waals surface area contributed by atoms with Gasteiger partial charge in [-0.3, -0.25) is 0 Å². The largest absolute Gasteiger partial charge is 0.478 e. The number of nitrogens with zero attached hydrogens (tertiary/aromatic N) is 2. The lowest BCUT2D eigenvalue weighted by molar-refractivity contribution is 0.0696. The second-order valence-electron chi connectivity index (χ2n) is 4.23. The van der Waals surface area contributed by atoms with Crippen LogP contribution in [0.25, 0.3) is 0 Å². The summed E-state index contributed by atoms with van der Waals surface area (Å²) in [7, 11) is -2.50. The number of sulfonamides is 1. The van der Waals surface area contributed by atoms with E-state index in [4.69, 9.17) is 5.11 Å². The van der Waals surface area contributed by atoms with Crippen molar-refractivity contribution in [2.45, 2.75) is 11.4 Å². The van der Waals surface area contributed by atoms with Crippen LogP contribution in [0.1, 0.15) is 16.2 Å². The first kappa shape index (κ1) is 15.1. The molecule has 0 unspecified atom stereocenters. The van der Waals surface area contributed by atoms with E-state index in [9.17, 15) is 17.6 Å². The van der Waals surface area contributed by atoms with Gasteiger partial charge in [-0.05, 0) is 18.2 Å². The zero-order valence-corrected chi connectivity index (χ0v) is 11.8. The van der Waals surface area contributed by atoms with Gasteiger partial charge in [0.2, 0.25) is 10.0 Å². The van der Waals surface area contributed by atoms with Crippen molar-refractivity contribution in [3.8, 4) is 0 Å². The number of halogens is 1. The van der Waals surface area contributed by atoms with Gasteiger partial charge in [0.25, 0.3) is 0 Å². The molecule has 0 aliphatic rings. The quantitative estimate of drug-likeness (QED) is 0.847. The van der Waals surface area contributed by atoms with E-state index in [0.29, 0.717) is 5.82 Å². The second kappa shape index (κ2) is 5.62. The maximum absolute atomic E-state index is 13.6. The minimum Gasteiger partial charge on any atom is -0.478 e. The minimum absolute atomic E-state index is 0.136. The van der Waals surface area contributed by atoms with Crippen molar-refractivity contribution < 1.29 is 22.7 Å². The summed E-state index contributed by atoms with van der Waals surface area (Å²) >= 11 is 0. The molecule has 0 atom stereocenters. The van der Waals surface area contributed by atoms with Crippen LogP contribution in [0.2, 0.25) is 0 Å². The van der Waals surface area contributed by atoms with E-state index in [2.05, 4.69) is 9.71 Å². The van der Waals surface area contributed by atoms with Gasteiger partial charge in [0.1, 0.15) is 16.5 Å². The monoisotopic (exact) mass is 313 g/mol. The fraction of sp³-hybridized carbons (Fsp3) is 0.167. The highest BCUT2D eigenvalue weighted by Crippen LogP contribution is 2.16. The fourth-order valence-corrected chi connectivity index (χ4v) is 2.73. The summed E-state index contributed by atoms with van der Waals surface area (Å²) in [6, 6.07) is 2.58. The Kier molecular flexibility index (Phi) is 4.05. The van der Waals surface area contributed by atoms with Crippen LogP contribution in [0, 0.1) is 5.82 Å². The van der Waals surface area contributed by atoms with Crippen LogP contribution in [0.5, 0.6) is 0 Å². The Morgan fingerprint density at radius 3 is 2.76 bits per heavy atom. The van der Waals surface area contributed by atoms with Crippen LogP contribution in [0.4, 0.5) is 4.39 Å². The molecule has 0 spiro atoms. The Morgan fingerprint density at radius 2 is 2.19 bits per heavy atom. The first-order valence-corrected chi connectivity index (χ1v) is 7.28. The van der Waals surface area contributed by atoms with Gasteiger partial charge in [-0.25, -0.2) is 27.3 Å². The van der Waals surface area contributed by atoms with Crippen LogP contribution >= 0.6 is 0 Å². The number of carboxylic acid groups (broad SMARTS) is 1. The summed E-state index contributed by atoms with van der Waals surface area (Å²) in [4.78, 5) is 14.0. The summed E-state index contributed by atoms with van der Waals surface area (Å²) < 4.78 is 41.5. The molecule has 0 saturated heterocycles. The summed E-state index contributed by atoms with van der Waals surface area (Å²) in [5, 5.41) is 8.83. The molecule has 0 fully saturated rings. The maximum atomic E-state index is 13.6. The number of carbonyl (C=O) groups is 1. The number of carboxylic acids is 1. The number of rotatable bonds is 5. The molecule has 2 rings (SSSR count). The Morgan fingerprint density at radius 1 is 1.48 bits per heavy atom. The third-order valence-corrected chi connectivity index (χ3v) is 4.23. The van der Waals surface area contributed by atoms with E-state index in [1.54, 1.807) is 17.8 Å². The molecular weight excluding hydrogens is 301 g/mol. The minimum atomic E-state index is -4.18. The zero-order valence-electron chi connectivity index (χ0n) is 10.9. The van der Waals surface area contributed by atoms with Crippen molar-refractivity contribution in [1.29, 1.82) is 0 Å². The highest BCUT2D eigenvalue weighted by molar-refractivity contribution is 7.89. The first-order chi connectivity index (χ1) is 9.81. The molecule has 0 aliphatic carbocycles. The van der Waals surface area contributed by atoms with E-state index >= 15 is 0 Å². The topological polar surface area (TPSA) is 101 Å². The van der Waals surface area contributed by atoms with Crippen molar-refractivity contribution in [1.82, 2.24) is 14.3 Å². The van der Waals surface area contributed by atoms with Gasteiger partial charge in [0.15, 0.2) is 0 Å². The fourth-order valence-electron chi connectivity index (χ4n) is 1.65. The molecule has 0 aliphatic heterocycles. The second-order valence-corrected chi connectivity index (χ2v) is 5.96. The standard InChI is InChI=1S/C12H12FN3O4S/c1-16-5-4-14-11(16)7-15-21(19,20)10-6-8(12(17)18)2-3-9(10)13/h2-6,15H,7H2,1H3,(H,17,18). The van der Waals surface area contributed by atoms with E-state index in [0.717, 1.165) is 18.2 Å². The smallest absolute Gasteiger partial charge is 0.335 e. The summed E-state index contributed by atoms with van der Waals surface area (Å²) in [6.07, 6.45) is 3.13. The number of hydrogen-bond donors (Lipinski definition) is 2. The lowest BCUT2D eigenvalue weighted by Crippen LogP contribution is -2.26. The molecule has 21 heavy (non-hydrogen) atoms. The zero-order chi connectivity index (χ0) is 15.6. The average Bonchev–Trinajstić information content (AvgIpc) is 2.82. The molecule has 0 amide bonds. The van der Waals surface area contributed by atoms with Crippen molar-refractivity contribution in [3.63, 3.8) is 0 Å². The highest BCUT2D eigenvalue weighted by Gasteiger charge is 2.21. The Labute approximate surface area is 120 Å². The molecule has 2 N–H and O–H groups in total. The molecule has 1 aromatic carbocycles. The van der Waals surface area contributed by atoms with Crippen LogP contribution in [0.3, 0.4) is 0 Å². The van der Waals surface area contributed by atoms with Crippen molar-refractivity contribution >= 4 is 16.0 Å². The van der Waals surface area contributed by atoms with Gasteiger partial charge in [-0.2, -0.15) is 0 Å². The van der Waals surface area contributed by atoms with E-state index in [1.807, 2.05) is 0 Å². The number of nitrogens with one attached hydrogen (secondary N) is 1. The third kappa shape index (κ3) is 3.26. The average molecular weight is 313 g/mol. The molecule has 9 heteroatoms. The third-order valence-electron chi connectivity index (χ3n) is 2.81. The number of aromatic carboxylic acids is 1. The number of imidazole rings is 1. The van der Waals surface area contributed by atoms with Crippen LogP contribution in [-0.2, 0) is 23.6 Å². The van der Waals surface area contributed by atoms with Gasteiger partial charge < -0.3 is 9.67 Å². The van der Waals surface area contributed by atoms with Crippen LogP contribution in [0.15, 0.2) is 35.5 Å². The molecule has 1 aromatic heterocycles. The normalized spacial score (nSPS) is 11.5. The maximum Gasteiger partial charge on any atom is 0.335 e. The molecule has 0 radical (unpaired) electrons. The Hall–Kier alpha value is -2.26. The Bertz CT molecular complexity index is 786. The molecule has 0 bridgehead atoms. The van der Waals surface area contributed by atoms with Gasteiger partial charge in [-0.1, -0.05) is 0 Å². The summed E-state index contributed by atoms with van der Waals surface area (Å²) in [6.45, 7) is -0.136. The van der Waals surface area contributed by atoms with E-state index < -0.39 is 26.7 Å². The number of aromatic nitrogens is 2. The van der Waals surface area contributed by atoms with Crippen LogP contribution in [-0.4, -0.2) is 29.0 Å². The number of aryl methyl sites for hydroxylation is 1. The predicted molar refractivity (Wildman–Crippen MR) is 70.6 cm³/mol.